The molecule has 2 heteroatoms. The van der Waals surface area contributed by atoms with E-state index >= 15 is 0 Å². The first-order valence-corrected chi connectivity index (χ1v) is 3.51. The zero-order chi connectivity index (χ0) is 8.27. The second-order valence-electron chi connectivity index (χ2n) is 2.59. The molecule has 0 aliphatic rings. The average Bonchev–Trinajstić information content (AvgIpc) is 1.93. The van der Waals surface area contributed by atoms with Crippen molar-refractivity contribution in [1.82, 2.24) is 0 Å². The molecule has 0 saturated carbocycles. The Labute approximate surface area is 66.0 Å². The summed E-state index contributed by atoms with van der Waals surface area (Å²) in [5.41, 5.74) is 6.48. The maximum absolute atomic E-state index is 12.4. The molecule has 1 nitrogen and oxygen atoms in total. The smallest absolute Gasteiger partial charge is 0.123 e. The summed E-state index contributed by atoms with van der Waals surface area (Å²) in [6, 6.07) is 6.19. The molecular formula is C9H11FN. The lowest BCUT2D eigenvalue weighted by molar-refractivity contribution is 0.626. The van der Waals surface area contributed by atoms with Crippen LogP contribution in [0.25, 0.3) is 0 Å². The minimum Gasteiger partial charge on any atom is -0.327 e. The van der Waals surface area contributed by atoms with Crippen molar-refractivity contribution in [3.05, 3.63) is 42.6 Å². The molecule has 0 spiro atoms. The lowest BCUT2D eigenvalue weighted by atomic mass is 10.1. The van der Waals surface area contributed by atoms with E-state index in [4.69, 9.17) is 5.73 Å². The van der Waals surface area contributed by atoms with Crippen LogP contribution in [0.15, 0.2) is 24.3 Å². The number of hydrogen-bond donors (Lipinski definition) is 1. The largest absolute Gasteiger partial charge is 0.327 e. The Morgan fingerprint density at radius 2 is 1.91 bits per heavy atom. The van der Waals surface area contributed by atoms with Gasteiger partial charge in [-0.05, 0) is 31.0 Å². The van der Waals surface area contributed by atoms with Crippen molar-refractivity contribution in [1.29, 1.82) is 0 Å². The van der Waals surface area contributed by atoms with Crippen molar-refractivity contribution < 1.29 is 4.39 Å². The number of benzene rings is 1. The van der Waals surface area contributed by atoms with Crippen LogP contribution in [-0.2, 0) is 6.42 Å². The molecule has 0 aliphatic heterocycles. The van der Waals surface area contributed by atoms with Gasteiger partial charge in [0.2, 0.25) is 0 Å². The van der Waals surface area contributed by atoms with E-state index in [1.54, 1.807) is 12.1 Å². The minimum absolute atomic E-state index is 0.111. The standard InChI is InChI=1S/C9H11FN/c1-7(11)6-8-2-4-9(10)5-3-8/h2-5,7H,1,6,11H2. The highest BCUT2D eigenvalue weighted by Crippen LogP contribution is 2.04. The van der Waals surface area contributed by atoms with Crippen molar-refractivity contribution in [3.8, 4) is 0 Å². The van der Waals surface area contributed by atoms with E-state index in [1.165, 1.54) is 12.1 Å². The molecule has 1 atom stereocenters. The van der Waals surface area contributed by atoms with Crippen molar-refractivity contribution in [3.63, 3.8) is 0 Å². The van der Waals surface area contributed by atoms with Gasteiger partial charge >= 0.3 is 0 Å². The van der Waals surface area contributed by atoms with E-state index < -0.39 is 0 Å². The molecule has 0 aromatic heterocycles. The van der Waals surface area contributed by atoms with Crippen LogP contribution in [0.3, 0.4) is 0 Å². The summed E-state index contributed by atoms with van der Waals surface area (Å²) in [5.74, 6) is -0.216. The molecule has 0 fully saturated rings. The molecule has 0 heterocycles. The summed E-state index contributed by atoms with van der Waals surface area (Å²) >= 11 is 0. The van der Waals surface area contributed by atoms with E-state index in [2.05, 4.69) is 6.92 Å². The maximum Gasteiger partial charge on any atom is 0.123 e. The average molecular weight is 152 g/mol. The molecule has 59 valence electrons. The molecule has 0 saturated heterocycles. The van der Waals surface area contributed by atoms with Gasteiger partial charge in [0.05, 0.1) is 0 Å². The van der Waals surface area contributed by atoms with Crippen molar-refractivity contribution in [2.45, 2.75) is 12.5 Å². The van der Waals surface area contributed by atoms with Gasteiger partial charge in [-0.25, -0.2) is 4.39 Å². The van der Waals surface area contributed by atoms with E-state index in [9.17, 15) is 4.39 Å². The minimum atomic E-state index is -0.216. The van der Waals surface area contributed by atoms with Gasteiger partial charge in [0.1, 0.15) is 5.82 Å². The Balaban J connectivity index is 2.66. The van der Waals surface area contributed by atoms with Crippen LogP contribution < -0.4 is 5.73 Å². The number of halogens is 1. The number of nitrogens with two attached hydrogens (primary N) is 1. The second-order valence-corrected chi connectivity index (χ2v) is 2.59. The van der Waals surface area contributed by atoms with Gasteiger partial charge in [0.25, 0.3) is 0 Å². The summed E-state index contributed by atoms with van der Waals surface area (Å²) in [4.78, 5) is 0. The van der Waals surface area contributed by atoms with Gasteiger partial charge in [-0.1, -0.05) is 12.1 Å². The van der Waals surface area contributed by atoms with E-state index in [0.29, 0.717) is 6.42 Å². The predicted molar refractivity (Wildman–Crippen MR) is 43.4 cm³/mol. The molecule has 1 radical (unpaired) electrons. The van der Waals surface area contributed by atoms with Crippen LogP contribution in [0.2, 0.25) is 0 Å². The molecule has 1 rings (SSSR count). The number of hydrogen-bond acceptors (Lipinski definition) is 1. The highest BCUT2D eigenvalue weighted by molar-refractivity contribution is 5.17. The molecule has 1 aromatic rings. The fourth-order valence-corrected chi connectivity index (χ4v) is 0.923. The lowest BCUT2D eigenvalue weighted by Gasteiger charge is -2.03. The lowest BCUT2D eigenvalue weighted by Crippen LogP contribution is -2.18. The van der Waals surface area contributed by atoms with Crippen LogP contribution in [-0.4, -0.2) is 6.04 Å². The third-order valence-corrected chi connectivity index (χ3v) is 1.41. The Morgan fingerprint density at radius 3 is 2.36 bits per heavy atom. The first-order chi connectivity index (χ1) is 5.18. The van der Waals surface area contributed by atoms with Crippen LogP contribution in [0, 0.1) is 12.7 Å². The van der Waals surface area contributed by atoms with Gasteiger partial charge in [0.15, 0.2) is 0 Å². The summed E-state index contributed by atoms with van der Waals surface area (Å²) in [6.07, 6.45) is 0.695. The normalized spacial score (nSPS) is 13.0. The monoisotopic (exact) mass is 152 g/mol. The van der Waals surface area contributed by atoms with Crippen molar-refractivity contribution >= 4 is 0 Å². The van der Waals surface area contributed by atoms with Crippen LogP contribution in [0.5, 0.6) is 0 Å². The molecule has 0 aliphatic carbocycles. The second kappa shape index (κ2) is 3.49. The van der Waals surface area contributed by atoms with Crippen LogP contribution >= 0.6 is 0 Å². The maximum atomic E-state index is 12.4. The highest BCUT2D eigenvalue weighted by Gasteiger charge is 1.96. The Morgan fingerprint density at radius 1 is 1.36 bits per heavy atom. The number of rotatable bonds is 2. The van der Waals surface area contributed by atoms with Crippen molar-refractivity contribution in [2.75, 3.05) is 0 Å². The van der Waals surface area contributed by atoms with Crippen LogP contribution in [0.4, 0.5) is 4.39 Å². The molecule has 0 bridgehead atoms. The zero-order valence-electron chi connectivity index (χ0n) is 6.26. The van der Waals surface area contributed by atoms with Gasteiger partial charge < -0.3 is 5.73 Å². The molecule has 1 unspecified atom stereocenters. The van der Waals surface area contributed by atoms with E-state index in [0.717, 1.165) is 5.56 Å². The highest BCUT2D eigenvalue weighted by atomic mass is 19.1. The third kappa shape index (κ3) is 2.68. The van der Waals surface area contributed by atoms with Gasteiger partial charge in [-0.3, -0.25) is 0 Å². The summed E-state index contributed by atoms with van der Waals surface area (Å²) in [5, 5.41) is 0. The molecule has 2 N–H and O–H groups in total. The van der Waals surface area contributed by atoms with E-state index in [1.807, 2.05) is 0 Å². The quantitative estimate of drug-likeness (QED) is 0.683. The van der Waals surface area contributed by atoms with Gasteiger partial charge in [-0.2, -0.15) is 0 Å². The van der Waals surface area contributed by atoms with Gasteiger partial charge in [-0.15, -0.1) is 0 Å². The zero-order valence-corrected chi connectivity index (χ0v) is 6.26. The van der Waals surface area contributed by atoms with Crippen LogP contribution in [0.1, 0.15) is 5.56 Å². The van der Waals surface area contributed by atoms with Crippen molar-refractivity contribution in [2.24, 2.45) is 5.73 Å². The first-order valence-electron chi connectivity index (χ1n) is 3.51. The fourth-order valence-electron chi connectivity index (χ4n) is 0.923. The molecular weight excluding hydrogens is 141 g/mol. The predicted octanol–water partition coefficient (Wildman–Crippen LogP) is 1.53. The summed E-state index contributed by atoms with van der Waals surface area (Å²) in [6.45, 7) is 3.64. The topological polar surface area (TPSA) is 26.0 Å². The third-order valence-electron chi connectivity index (χ3n) is 1.41. The molecule has 0 amide bonds. The summed E-state index contributed by atoms with van der Waals surface area (Å²) in [7, 11) is 0. The first kappa shape index (κ1) is 8.21. The Bertz CT molecular complexity index is 216. The molecule has 11 heavy (non-hydrogen) atoms. The Hall–Kier alpha value is -0.890. The fraction of sp³-hybridized carbons (Fsp3) is 0.222. The Kier molecular flexibility index (Phi) is 2.60. The molecule has 1 aromatic carbocycles. The summed E-state index contributed by atoms with van der Waals surface area (Å²) < 4.78 is 12.4. The SMILES string of the molecule is [CH2]C(N)Cc1ccc(F)cc1. The van der Waals surface area contributed by atoms with E-state index in [-0.39, 0.29) is 11.9 Å². The van der Waals surface area contributed by atoms with Gasteiger partial charge in [0, 0.05) is 6.04 Å².